The first-order chi connectivity index (χ1) is 11.5. The van der Waals surface area contributed by atoms with E-state index in [0.29, 0.717) is 18.5 Å². The Kier molecular flexibility index (Phi) is 4.34. The monoisotopic (exact) mass is 323 g/mol. The number of rotatable bonds is 3. The van der Waals surface area contributed by atoms with Crippen molar-refractivity contribution in [3.8, 4) is 0 Å². The van der Waals surface area contributed by atoms with E-state index in [1.165, 1.54) is 4.90 Å². The second kappa shape index (κ2) is 6.43. The number of allylic oxidation sites excluding steroid dienone is 7. The lowest BCUT2D eigenvalue weighted by Crippen LogP contribution is -2.45. The minimum atomic E-state index is -0.903. The van der Waals surface area contributed by atoms with E-state index in [-0.39, 0.29) is 11.9 Å². The number of hydrogen-bond donors (Lipinski definition) is 0. The summed E-state index contributed by atoms with van der Waals surface area (Å²) in [5.74, 6) is -0.184. The number of carbonyl (C=O) groups is 2. The number of nitrogens with zero attached hydrogens (tertiary/aromatic N) is 3. The molecule has 3 amide bonds. The van der Waals surface area contributed by atoms with Crippen LogP contribution in [-0.4, -0.2) is 40.5 Å². The van der Waals surface area contributed by atoms with Gasteiger partial charge >= 0.3 is 6.03 Å². The van der Waals surface area contributed by atoms with Gasteiger partial charge in [-0.15, -0.1) is 0 Å². The summed E-state index contributed by atoms with van der Waals surface area (Å²) in [5, 5.41) is 0. The number of carbonyl (C=O) groups excluding carboxylic acids is 2. The second-order valence-electron chi connectivity index (χ2n) is 6.29. The van der Waals surface area contributed by atoms with Gasteiger partial charge in [0.2, 0.25) is 0 Å². The Balaban J connectivity index is 1.89. The van der Waals surface area contributed by atoms with Gasteiger partial charge in [-0.2, -0.15) is 0 Å². The molecule has 1 atom stereocenters. The Hall–Kier alpha value is -2.69. The molecule has 0 saturated carbocycles. The Morgan fingerprint density at radius 2 is 2.04 bits per heavy atom. The van der Waals surface area contributed by atoms with Crippen molar-refractivity contribution < 1.29 is 9.59 Å². The highest BCUT2D eigenvalue weighted by Crippen LogP contribution is 2.35. The van der Waals surface area contributed by atoms with Gasteiger partial charge in [0, 0.05) is 38.0 Å². The summed E-state index contributed by atoms with van der Waals surface area (Å²) in [5.41, 5.74) is 0.766. The molecule has 3 rings (SSSR count). The Morgan fingerprint density at radius 3 is 2.88 bits per heavy atom. The van der Waals surface area contributed by atoms with Crippen LogP contribution in [0.25, 0.3) is 0 Å². The maximum atomic E-state index is 13.1. The molecule has 0 bridgehead atoms. The maximum absolute atomic E-state index is 13.1. The molecule has 1 unspecified atom stereocenters. The quantitative estimate of drug-likeness (QED) is 0.748. The van der Waals surface area contributed by atoms with Crippen molar-refractivity contribution in [2.45, 2.75) is 31.7 Å². The molecular weight excluding hydrogens is 302 g/mol. The summed E-state index contributed by atoms with van der Waals surface area (Å²) < 4.78 is 0. The lowest BCUT2D eigenvalue weighted by atomic mass is 9.91. The highest BCUT2D eigenvalue weighted by molar-refractivity contribution is 6.08. The van der Waals surface area contributed by atoms with E-state index in [2.05, 4.69) is 4.99 Å². The van der Waals surface area contributed by atoms with Crippen LogP contribution in [0, 0.1) is 0 Å². The number of imide groups is 1. The third-order valence-electron chi connectivity index (χ3n) is 4.64. The largest absolute Gasteiger partial charge is 0.331 e. The van der Waals surface area contributed by atoms with Crippen LogP contribution >= 0.6 is 0 Å². The van der Waals surface area contributed by atoms with E-state index >= 15 is 0 Å². The molecule has 3 aliphatic rings. The van der Waals surface area contributed by atoms with E-state index in [9.17, 15) is 9.59 Å². The minimum Gasteiger partial charge on any atom is -0.312 e. The summed E-state index contributed by atoms with van der Waals surface area (Å²) in [6, 6.07) is -0.276. The molecule has 0 spiro atoms. The van der Waals surface area contributed by atoms with Crippen LogP contribution in [0.15, 0.2) is 65.0 Å². The van der Waals surface area contributed by atoms with Crippen LogP contribution in [0.5, 0.6) is 0 Å². The van der Waals surface area contributed by atoms with Gasteiger partial charge in [0.15, 0.2) is 0 Å². The first kappa shape index (κ1) is 16.2. The van der Waals surface area contributed by atoms with Gasteiger partial charge in [-0.3, -0.25) is 9.79 Å². The molecule has 124 valence electrons. The number of hydrogen-bond acceptors (Lipinski definition) is 3. The highest BCUT2D eigenvalue weighted by Gasteiger charge is 2.53. The average molecular weight is 323 g/mol. The molecule has 1 fully saturated rings. The standard InChI is InChI=1S/C19H21N3O2/c1-19(13-15-9-7-8-12-20-14-15)17(23)22(18(24)21(19)2)16-10-5-3-4-6-11-16/h3-6,8-10,12,14H,7,11,13H2,1-2H3. The van der Waals surface area contributed by atoms with Gasteiger partial charge in [-0.05, 0) is 25.0 Å². The van der Waals surface area contributed by atoms with Crippen molar-refractivity contribution in [3.05, 3.63) is 60.0 Å². The molecule has 0 aromatic rings. The molecule has 1 saturated heterocycles. The van der Waals surface area contributed by atoms with Crippen molar-refractivity contribution in [1.29, 1.82) is 0 Å². The normalized spacial score (nSPS) is 26.6. The Morgan fingerprint density at radius 1 is 1.21 bits per heavy atom. The fourth-order valence-electron chi connectivity index (χ4n) is 3.06. The van der Waals surface area contributed by atoms with Crippen LogP contribution in [-0.2, 0) is 4.79 Å². The summed E-state index contributed by atoms with van der Waals surface area (Å²) in [6.45, 7) is 1.82. The van der Waals surface area contributed by atoms with Gasteiger partial charge in [-0.25, -0.2) is 9.69 Å². The van der Waals surface area contributed by atoms with Gasteiger partial charge in [-0.1, -0.05) is 36.5 Å². The van der Waals surface area contributed by atoms with Gasteiger partial charge in [0.1, 0.15) is 5.54 Å². The molecule has 0 aromatic carbocycles. The molecule has 5 heteroatoms. The maximum Gasteiger partial charge on any atom is 0.331 e. The Bertz CT molecular complexity index is 740. The molecule has 24 heavy (non-hydrogen) atoms. The van der Waals surface area contributed by atoms with Gasteiger partial charge in [0.05, 0.1) is 0 Å². The molecule has 0 aromatic heterocycles. The van der Waals surface area contributed by atoms with E-state index < -0.39 is 5.54 Å². The third kappa shape index (κ3) is 2.77. The van der Waals surface area contributed by atoms with Crippen molar-refractivity contribution in [2.75, 3.05) is 7.05 Å². The van der Waals surface area contributed by atoms with Gasteiger partial charge in [0.25, 0.3) is 5.91 Å². The number of aliphatic imine (C=N–C) groups is 1. The third-order valence-corrected chi connectivity index (χ3v) is 4.64. The van der Waals surface area contributed by atoms with E-state index in [1.54, 1.807) is 24.4 Å². The minimum absolute atomic E-state index is 0.184. The van der Waals surface area contributed by atoms with Crippen LogP contribution in [0.1, 0.15) is 26.2 Å². The molecule has 0 radical (unpaired) electrons. The van der Waals surface area contributed by atoms with E-state index in [0.717, 1.165) is 12.0 Å². The molecule has 2 heterocycles. The smallest absolute Gasteiger partial charge is 0.312 e. The van der Waals surface area contributed by atoms with Crippen LogP contribution in [0.2, 0.25) is 0 Å². The van der Waals surface area contributed by atoms with Crippen molar-refractivity contribution in [3.63, 3.8) is 0 Å². The highest BCUT2D eigenvalue weighted by atomic mass is 16.2. The summed E-state index contributed by atoms with van der Waals surface area (Å²) >= 11 is 0. The SMILES string of the molecule is CN1C(=O)N(C2=CC=CC=CC2)C(=O)C1(C)CC1=CCC=CN=C1. The number of amides is 3. The van der Waals surface area contributed by atoms with Crippen LogP contribution in [0.3, 0.4) is 0 Å². The van der Waals surface area contributed by atoms with Crippen LogP contribution < -0.4 is 0 Å². The predicted octanol–water partition coefficient (Wildman–Crippen LogP) is 3.34. The summed E-state index contributed by atoms with van der Waals surface area (Å²) in [6.07, 6.45) is 18.7. The van der Waals surface area contributed by atoms with Gasteiger partial charge < -0.3 is 4.90 Å². The van der Waals surface area contributed by atoms with Crippen molar-refractivity contribution in [2.24, 2.45) is 4.99 Å². The van der Waals surface area contributed by atoms with E-state index in [1.807, 2.05) is 49.5 Å². The summed E-state index contributed by atoms with van der Waals surface area (Å²) in [7, 11) is 1.69. The summed E-state index contributed by atoms with van der Waals surface area (Å²) in [4.78, 5) is 32.9. The number of likely N-dealkylation sites (N-methyl/N-ethyl adjacent to an activating group) is 1. The lowest BCUT2D eigenvalue weighted by molar-refractivity contribution is -0.131. The second-order valence-corrected chi connectivity index (χ2v) is 6.29. The fourth-order valence-corrected chi connectivity index (χ4v) is 3.06. The Labute approximate surface area is 142 Å². The first-order valence-corrected chi connectivity index (χ1v) is 8.06. The van der Waals surface area contributed by atoms with E-state index in [4.69, 9.17) is 0 Å². The molecule has 1 aliphatic carbocycles. The topological polar surface area (TPSA) is 53.0 Å². The zero-order chi connectivity index (χ0) is 17.2. The van der Waals surface area contributed by atoms with Crippen LogP contribution in [0.4, 0.5) is 4.79 Å². The zero-order valence-electron chi connectivity index (χ0n) is 14.0. The molecule has 5 nitrogen and oxygen atoms in total. The molecule has 2 aliphatic heterocycles. The molecular formula is C19H21N3O2. The van der Waals surface area contributed by atoms with Crippen molar-refractivity contribution in [1.82, 2.24) is 9.80 Å². The first-order valence-electron chi connectivity index (χ1n) is 8.06. The number of urea groups is 1. The van der Waals surface area contributed by atoms with Crippen molar-refractivity contribution >= 4 is 18.2 Å². The zero-order valence-corrected chi connectivity index (χ0v) is 14.0. The fraction of sp³-hybridized carbons (Fsp3) is 0.316. The lowest BCUT2D eigenvalue weighted by Gasteiger charge is -2.28. The predicted molar refractivity (Wildman–Crippen MR) is 94.3 cm³/mol. The molecule has 0 N–H and O–H groups in total. The average Bonchev–Trinajstić information content (AvgIpc) is 2.92.